The van der Waals surface area contributed by atoms with Gasteiger partial charge in [0.25, 0.3) is 0 Å². The molecule has 3 atom stereocenters. The second-order valence-electron chi connectivity index (χ2n) is 7.46. The highest BCUT2D eigenvalue weighted by atomic mass is 35.5. The SMILES string of the molecule is CC(C)(C)N1C[C@H]2CCC[C@@H](C1)C2c1ccnc(Cl)c1. The van der Waals surface area contributed by atoms with Crippen molar-refractivity contribution in [2.45, 2.75) is 51.5 Å². The van der Waals surface area contributed by atoms with Gasteiger partial charge < -0.3 is 0 Å². The molecule has 1 aliphatic carbocycles. The predicted molar refractivity (Wildman–Crippen MR) is 84.1 cm³/mol. The molecule has 1 saturated heterocycles. The van der Waals surface area contributed by atoms with Gasteiger partial charge in [0.1, 0.15) is 5.15 Å². The van der Waals surface area contributed by atoms with Crippen molar-refractivity contribution in [1.82, 2.24) is 9.88 Å². The van der Waals surface area contributed by atoms with Crippen molar-refractivity contribution >= 4 is 11.6 Å². The Labute approximate surface area is 127 Å². The summed E-state index contributed by atoms with van der Waals surface area (Å²) in [5.74, 6) is 2.24. The molecular weight excluding hydrogens is 268 g/mol. The first-order valence-corrected chi connectivity index (χ1v) is 8.19. The van der Waals surface area contributed by atoms with E-state index >= 15 is 0 Å². The van der Waals surface area contributed by atoms with E-state index in [1.54, 1.807) is 0 Å². The van der Waals surface area contributed by atoms with Crippen LogP contribution in [0.4, 0.5) is 0 Å². The third-order valence-corrected chi connectivity index (χ3v) is 5.37. The van der Waals surface area contributed by atoms with Gasteiger partial charge in [0.05, 0.1) is 0 Å². The summed E-state index contributed by atoms with van der Waals surface area (Å²) in [4.78, 5) is 6.82. The van der Waals surface area contributed by atoms with Gasteiger partial charge in [-0.25, -0.2) is 4.98 Å². The minimum Gasteiger partial charge on any atom is -0.298 e. The number of rotatable bonds is 1. The first kappa shape index (κ1) is 14.3. The van der Waals surface area contributed by atoms with Crippen molar-refractivity contribution in [3.8, 4) is 0 Å². The molecule has 0 amide bonds. The third kappa shape index (κ3) is 2.73. The number of halogens is 1. The van der Waals surface area contributed by atoms with E-state index in [9.17, 15) is 0 Å². The lowest BCUT2D eigenvalue weighted by molar-refractivity contribution is 0.00618. The van der Waals surface area contributed by atoms with Crippen molar-refractivity contribution in [2.75, 3.05) is 13.1 Å². The smallest absolute Gasteiger partial charge is 0.129 e. The van der Waals surface area contributed by atoms with Gasteiger partial charge in [-0.3, -0.25) is 4.90 Å². The molecule has 2 heterocycles. The summed E-state index contributed by atoms with van der Waals surface area (Å²) in [5, 5.41) is 0.638. The largest absolute Gasteiger partial charge is 0.298 e. The topological polar surface area (TPSA) is 16.1 Å². The lowest BCUT2D eigenvalue weighted by atomic mass is 9.66. The van der Waals surface area contributed by atoms with E-state index in [4.69, 9.17) is 11.6 Å². The summed E-state index contributed by atoms with van der Waals surface area (Å²) in [6.07, 6.45) is 5.97. The van der Waals surface area contributed by atoms with E-state index in [0.717, 1.165) is 11.8 Å². The maximum absolute atomic E-state index is 6.10. The van der Waals surface area contributed by atoms with Crippen LogP contribution in [0.2, 0.25) is 5.15 Å². The predicted octanol–water partition coefficient (Wildman–Crippen LogP) is 4.35. The van der Waals surface area contributed by atoms with Crippen LogP contribution in [0.25, 0.3) is 0 Å². The fourth-order valence-electron chi connectivity index (χ4n) is 4.15. The average Bonchev–Trinajstić information content (AvgIpc) is 2.36. The minimum atomic E-state index is 0.286. The van der Waals surface area contributed by atoms with E-state index in [-0.39, 0.29) is 5.54 Å². The highest BCUT2D eigenvalue weighted by Crippen LogP contribution is 2.47. The summed E-state index contributed by atoms with van der Waals surface area (Å²) in [7, 11) is 0. The quantitative estimate of drug-likeness (QED) is 0.716. The standard InChI is InChI=1S/C17H25ClN2/c1-17(2,3)20-10-13-5-4-6-14(11-20)16(13)12-7-8-19-15(18)9-12/h7-9,13-14,16H,4-6,10-11H2,1-3H3/t13-,14+,16?. The Morgan fingerprint density at radius 3 is 2.40 bits per heavy atom. The maximum Gasteiger partial charge on any atom is 0.129 e. The number of piperidine rings is 1. The van der Waals surface area contributed by atoms with Crippen LogP contribution in [0.15, 0.2) is 18.3 Å². The van der Waals surface area contributed by atoms with Crippen molar-refractivity contribution < 1.29 is 0 Å². The molecule has 1 aromatic rings. The number of nitrogens with zero attached hydrogens (tertiary/aromatic N) is 2. The van der Waals surface area contributed by atoms with E-state index in [1.165, 1.54) is 37.9 Å². The molecule has 1 unspecified atom stereocenters. The zero-order valence-corrected chi connectivity index (χ0v) is 13.5. The normalized spacial score (nSPS) is 31.3. The Bertz CT molecular complexity index is 466. The van der Waals surface area contributed by atoms with Crippen LogP contribution >= 0.6 is 11.6 Å². The molecule has 2 fully saturated rings. The van der Waals surface area contributed by atoms with Crippen molar-refractivity contribution in [2.24, 2.45) is 11.8 Å². The van der Waals surface area contributed by atoms with Crippen molar-refractivity contribution in [1.29, 1.82) is 0 Å². The summed E-state index contributed by atoms with van der Waals surface area (Å²) < 4.78 is 0. The lowest BCUT2D eigenvalue weighted by Gasteiger charge is -2.51. The van der Waals surface area contributed by atoms with Gasteiger partial charge in [0.15, 0.2) is 0 Å². The number of hydrogen-bond donors (Lipinski definition) is 0. The first-order valence-electron chi connectivity index (χ1n) is 7.81. The van der Waals surface area contributed by atoms with Crippen LogP contribution in [-0.4, -0.2) is 28.5 Å². The molecule has 0 N–H and O–H groups in total. The monoisotopic (exact) mass is 292 g/mol. The molecule has 1 aromatic heterocycles. The van der Waals surface area contributed by atoms with E-state index in [0.29, 0.717) is 11.1 Å². The Hall–Kier alpha value is -0.600. The Balaban J connectivity index is 1.87. The van der Waals surface area contributed by atoms with E-state index < -0.39 is 0 Å². The third-order valence-electron chi connectivity index (χ3n) is 5.16. The van der Waals surface area contributed by atoms with Crippen LogP contribution in [0.3, 0.4) is 0 Å². The molecule has 110 valence electrons. The van der Waals surface area contributed by atoms with Gasteiger partial charge in [-0.05, 0) is 69.1 Å². The molecule has 0 aromatic carbocycles. The minimum absolute atomic E-state index is 0.286. The summed E-state index contributed by atoms with van der Waals surface area (Å²) in [6.45, 7) is 9.47. The van der Waals surface area contributed by atoms with Gasteiger partial charge in [-0.1, -0.05) is 18.0 Å². The van der Waals surface area contributed by atoms with Crippen LogP contribution in [0, 0.1) is 11.8 Å². The zero-order valence-electron chi connectivity index (χ0n) is 12.8. The van der Waals surface area contributed by atoms with Crippen LogP contribution < -0.4 is 0 Å². The Morgan fingerprint density at radius 1 is 1.20 bits per heavy atom. The average molecular weight is 293 g/mol. The zero-order chi connectivity index (χ0) is 14.3. The fraction of sp³-hybridized carbons (Fsp3) is 0.706. The van der Waals surface area contributed by atoms with E-state index in [2.05, 4.69) is 42.8 Å². The molecule has 2 nitrogen and oxygen atoms in total. The highest BCUT2D eigenvalue weighted by molar-refractivity contribution is 6.29. The fourth-order valence-corrected chi connectivity index (χ4v) is 4.34. The molecule has 2 bridgehead atoms. The molecule has 20 heavy (non-hydrogen) atoms. The summed E-state index contributed by atoms with van der Waals surface area (Å²) >= 11 is 6.10. The molecule has 1 aliphatic heterocycles. The molecule has 0 spiro atoms. The molecular formula is C17H25ClN2. The molecule has 3 rings (SSSR count). The van der Waals surface area contributed by atoms with Crippen LogP contribution in [0.5, 0.6) is 0 Å². The summed E-state index contributed by atoms with van der Waals surface area (Å²) in [6, 6.07) is 4.26. The van der Waals surface area contributed by atoms with Gasteiger partial charge in [-0.2, -0.15) is 0 Å². The second-order valence-corrected chi connectivity index (χ2v) is 7.85. The number of hydrogen-bond acceptors (Lipinski definition) is 2. The van der Waals surface area contributed by atoms with Crippen molar-refractivity contribution in [3.05, 3.63) is 29.0 Å². The number of fused-ring (bicyclic) bond motifs is 2. The van der Waals surface area contributed by atoms with Crippen LogP contribution in [-0.2, 0) is 0 Å². The Kier molecular flexibility index (Phi) is 3.81. The summed E-state index contributed by atoms with van der Waals surface area (Å²) in [5.41, 5.74) is 1.70. The lowest BCUT2D eigenvalue weighted by Crippen LogP contribution is -2.54. The van der Waals surface area contributed by atoms with Gasteiger partial charge in [0, 0.05) is 24.8 Å². The highest BCUT2D eigenvalue weighted by Gasteiger charge is 2.42. The van der Waals surface area contributed by atoms with Gasteiger partial charge in [0.2, 0.25) is 0 Å². The van der Waals surface area contributed by atoms with Gasteiger partial charge >= 0.3 is 0 Å². The second kappa shape index (κ2) is 5.31. The van der Waals surface area contributed by atoms with E-state index in [1.807, 2.05) is 6.20 Å². The number of aromatic nitrogens is 1. The number of pyridine rings is 1. The van der Waals surface area contributed by atoms with Crippen LogP contribution in [0.1, 0.15) is 51.5 Å². The Morgan fingerprint density at radius 2 is 1.85 bits per heavy atom. The van der Waals surface area contributed by atoms with Crippen molar-refractivity contribution in [3.63, 3.8) is 0 Å². The molecule has 0 radical (unpaired) electrons. The van der Waals surface area contributed by atoms with Gasteiger partial charge in [-0.15, -0.1) is 0 Å². The first-order chi connectivity index (χ1) is 9.45. The maximum atomic E-state index is 6.10. The molecule has 3 heteroatoms. The molecule has 2 aliphatic rings. The molecule has 1 saturated carbocycles. The number of likely N-dealkylation sites (tertiary alicyclic amines) is 1.